The average molecular weight is 206 g/mol. The third kappa shape index (κ3) is 1.53. The van der Waals surface area contributed by atoms with Crippen LogP contribution in [0.4, 0.5) is 0 Å². The van der Waals surface area contributed by atoms with Crippen LogP contribution >= 0.6 is 11.8 Å². The molecular formula is C10H10N2OS. The molecular weight excluding hydrogens is 196 g/mol. The SMILES string of the molecule is COc1nc2ccccc2nc1SC. The fraction of sp³-hybridized carbons (Fsp3) is 0.200. The van der Waals surface area contributed by atoms with E-state index >= 15 is 0 Å². The minimum Gasteiger partial charge on any atom is -0.479 e. The molecule has 14 heavy (non-hydrogen) atoms. The summed E-state index contributed by atoms with van der Waals surface area (Å²) in [4.78, 5) is 8.80. The molecule has 0 fully saturated rings. The second-order valence-corrected chi connectivity index (χ2v) is 3.53. The molecule has 0 atom stereocenters. The van der Waals surface area contributed by atoms with E-state index in [4.69, 9.17) is 4.74 Å². The number of hydrogen-bond acceptors (Lipinski definition) is 4. The number of benzene rings is 1. The molecule has 0 unspecified atom stereocenters. The van der Waals surface area contributed by atoms with Crippen LogP contribution < -0.4 is 4.74 Å². The van der Waals surface area contributed by atoms with Crippen LogP contribution in [-0.4, -0.2) is 23.3 Å². The highest BCUT2D eigenvalue weighted by atomic mass is 32.2. The predicted molar refractivity (Wildman–Crippen MR) is 57.9 cm³/mol. The molecule has 0 amide bonds. The van der Waals surface area contributed by atoms with Gasteiger partial charge in [-0.25, -0.2) is 9.97 Å². The summed E-state index contributed by atoms with van der Waals surface area (Å²) >= 11 is 1.54. The summed E-state index contributed by atoms with van der Waals surface area (Å²) in [6, 6.07) is 7.76. The van der Waals surface area contributed by atoms with Gasteiger partial charge in [0.25, 0.3) is 0 Å². The van der Waals surface area contributed by atoms with Gasteiger partial charge in [0.2, 0.25) is 5.88 Å². The van der Waals surface area contributed by atoms with E-state index < -0.39 is 0 Å². The van der Waals surface area contributed by atoms with E-state index in [1.165, 1.54) is 11.8 Å². The summed E-state index contributed by atoms with van der Waals surface area (Å²) in [5, 5.41) is 0.825. The normalized spacial score (nSPS) is 10.4. The second kappa shape index (κ2) is 3.84. The van der Waals surface area contributed by atoms with Crippen molar-refractivity contribution in [3.8, 4) is 5.88 Å². The highest BCUT2D eigenvalue weighted by Gasteiger charge is 2.06. The molecule has 0 aliphatic carbocycles. The molecule has 0 spiro atoms. The molecule has 0 saturated heterocycles. The predicted octanol–water partition coefficient (Wildman–Crippen LogP) is 2.36. The molecule has 1 heterocycles. The Morgan fingerprint density at radius 2 is 1.79 bits per heavy atom. The first kappa shape index (κ1) is 9.27. The molecule has 3 nitrogen and oxygen atoms in total. The van der Waals surface area contributed by atoms with E-state index in [0.29, 0.717) is 5.88 Å². The molecule has 0 radical (unpaired) electrons. The minimum absolute atomic E-state index is 0.594. The van der Waals surface area contributed by atoms with Gasteiger partial charge in [0.15, 0.2) is 5.03 Å². The fourth-order valence-corrected chi connectivity index (χ4v) is 1.73. The van der Waals surface area contributed by atoms with Crippen LogP contribution in [0.3, 0.4) is 0 Å². The maximum atomic E-state index is 5.15. The first-order valence-corrected chi connectivity index (χ1v) is 5.42. The van der Waals surface area contributed by atoms with Crippen LogP contribution in [0.2, 0.25) is 0 Å². The Hall–Kier alpha value is -1.29. The van der Waals surface area contributed by atoms with E-state index in [9.17, 15) is 0 Å². The number of rotatable bonds is 2. The zero-order chi connectivity index (χ0) is 9.97. The topological polar surface area (TPSA) is 35.0 Å². The van der Waals surface area contributed by atoms with Crippen molar-refractivity contribution in [2.75, 3.05) is 13.4 Å². The molecule has 0 aliphatic rings. The Morgan fingerprint density at radius 3 is 2.36 bits per heavy atom. The van der Waals surface area contributed by atoms with E-state index in [-0.39, 0.29) is 0 Å². The Balaban J connectivity index is 2.69. The number of ether oxygens (including phenoxy) is 1. The molecule has 2 rings (SSSR count). The minimum atomic E-state index is 0.594. The standard InChI is InChI=1S/C10H10N2OS/c1-13-9-10(14-2)12-8-6-4-3-5-7(8)11-9/h3-6H,1-2H3. The van der Waals surface area contributed by atoms with E-state index in [1.54, 1.807) is 7.11 Å². The maximum absolute atomic E-state index is 5.15. The van der Waals surface area contributed by atoms with Gasteiger partial charge in [-0.15, -0.1) is 11.8 Å². The number of fused-ring (bicyclic) bond motifs is 1. The first-order chi connectivity index (χ1) is 6.85. The Labute approximate surface area is 86.5 Å². The van der Waals surface area contributed by atoms with Crippen LogP contribution in [0.15, 0.2) is 29.3 Å². The quantitative estimate of drug-likeness (QED) is 0.706. The largest absolute Gasteiger partial charge is 0.479 e. The van der Waals surface area contributed by atoms with Gasteiger partial charge in [-0.1, -0.05) is 12.1 Å². The van der Waals surface area contributed by atoms with Gasteiger partial charge in [-0.2, -0.15) is 0 Å². The van der Waals surface area contributed by atoms with Crippen LogP contribution in [0.25, 0.3) is 11.0 Å². The monoisotopic (exact) mass is 206 g/mol. The lowest BCUT2D eigenvalue weighted by Gasteiger charge is -2.05. The van der Waals surface area contributed by atoms with Gasteiger partial charge < -0.3 is 4.74 Å². The van der Waals surface area contributed by atoms with Gasteiger partial charge in [-0.05, 0) is 18.4 Å². The summed E-state index contributed by atoms with van der Waals surface area (Å²) in [5.41, 5.74) is 1.76. The molecule has 0 saturated carbocycles. The van der Waals surface area contributed by atoms with Crippen molar-refractivity contribution in [2.45, 2.75) is 5.03 Å². The highest BCUT2D eigenvalue weighted by Crippen LogP contribution is 2.25. The van der Waals surface area contributed by atoms with E-state index in [0.717, 1.165) is 16.1 Å². The Bertz CT molecular complexity index is 416. The number of para-hydroxylation sites is 2. The molecule has 0 bridgehead atoms. The van der Waals surface area contributed by atoms with Crippen molar-refractivity contribution < 1.29 is 4.74 Å². The lowest BCUT2D eigenvalue weighted by atomic mass is 10.3. The van der Waals surface area contributed by atoms with Crippen LogP contribution in [0, 0.1) is 0 Å². The Morgan fingerprint density at radius 1 is 1.14 bits per heavy atom. The molecule has 0 N–H and O–H groups in total. The van der Waals surface area contributed by atoms with E-state index in [1.807, 2.05) is 30.5 Å². The fourth-order valence-electron chi connectivity index (χ4n) is 1.23. The van der Waals surface area contributed by atoms with Gasteiger partial charge in [0.1, 0.15) is 0 Å². The molecule has 1 aromatic carbocycles. The summed E-state index contributed by atoms with van der Waals surface area (Å²) in [6.45, 7) is 0. The average Bonchev–Trinajstić information content (AvgIpc) is 2.27. The summed E-state index contributed by atoms with van der Waals surface area (Å²) in [6.07, 6.45) is 1.96. The van der Waals surface area contributed by atoms with Crippen molar-refractivity contribution in [3.05, 3.63) is 24.3 Å². The van der Waals surface area contributed by atoms with Gasteiger partial charge in [0, 0.05) is 0 Å². The number of thioether (sulfide) groups is 1. The van der Waals surface area contributed by atoms with Crippen molar-refractivity contribution in [1.82, 2.24) is 9.97 Å². The van der Waals surface area contributed by atoms with Crippen molar-refractivity contribution in [1.29, 1.82) is 0 Å². The van der Waals surface area contributed by atoms with Crippen LogP contribution in [-0.2, 0) is 0 Å². The molecule has 72 valence electrons. The smallest absolute Gasteiger partial charge is 0.247 e. The zero-order valence-electron chi connectivity index (χ0n) is 8.02. The van der Waals surface area contributed by atoms with Gasteiger partial charge >= 0.3 is 0 Å². The summed E-state index contributed by atoms with van der Waals surface area (Å²) < 4.78 is 5.15. The van der Waals surface area contributed by atoms with Crippen LogP contribution in [0.1, 0.15) is 0 Å². The van der Waals surface area contributed by atoms with E-state index in [2.05, 4.69) is 9.97 Å². The lowest BCUT2D eigenvalue weighted by Crippen LogP contribution is -1.94. The summed E-state index contributed by atoms with van der Waals surface area (Å²) in [5.74, 6) is 0.594. The zero-order valence-corrected chi connectivity index (χ0v) is 8.84. The third-order valence-electron chi connectivity index (χ3n) is 1.90. The molecule has 4 heteroatoms. The van der Waals surface area contributed by atoms with Crippen molar-refractivity contribution >= 4 is 22.8 Å². The molecule has 0 aliphatic heterocycles. The van der Waals surface area contributed by atoms with Gasteiger partial charge in [-0.3, -0.25) is 0 Å². The highest BCUT2D eigenvalue weighted by molar-refractivity contribution is 7.98. The maximum Gasteiger partial charge on any atom is 0.247 e. The number of hydrogen-bond donors (Lipinski definition) is 0. The first-order valence-electron chi connectivity index (χ1n) is 4.20. The van der Waals surface area contributed by atoms with Crippen molar-refractivity contribution in [2.24, 2.45) is 0 Å². The second-order valence-electron chi connectivity index (χ2n) is 2.73. The molecule has 1 aromatic heterocycles. The summed E-state index contributed by atoms with van der Waals surface area (Å²) in [7, 11) is 1.61. The third-order valence-corrected chi connectivity index (χ3v) is 2.55. The van der Waals surface area contributed by atoms with Crippen molar-refractivity contribution in [3.63, 3.8) is 0 Å². The lowest BCUT2D eigenvalue weighted by molar-refractivity contribution is 0.385. The van der Waals surface area contributed by atoms with Crippen LogP contribution in [0.5, 0.6) is 5.88 Å². The Kier molecular flexibility index (Phi) is 2.54. The number of methoxy groups -OCH3 is 1. The number of aromatic nitrogens is 2. The van der Waals surface area contributed by atoms with Gasteiger partial charge in [0.05, 0.1) is 18.1 Å². The molecule has 2 aromatic rings. The number of nitrogens with zero attached hydrogens (tertiary/aromatic N) is 2.